The number of aromatic nitrogens is 1. The minimum Gasteiger partial charge on any atom is -0.361 e. The number of benzene rings is 1. The third kappa shape index (κ3) is 4.43. The van der Waals surface area contributed by atoms with Crippen molar-refractivity contribution >= 4 is 34.0 Å². The van der Waals surface area contributed by atoms with Gasteiger partial charge in [-0.05, 0) is 45.4 Å². The summed E-state index contributed by atoms with van der Waals surface area (Å²) >= 11 is 7.29. The average Bonchev–Trinajstić information content (AvgIpc) is 3.09. The number of thiazole rings is 1. The number of hydrogen-bond donors (Lipinski definition) is 2. The number of carbonyl (C=O) groups is 1. The number of aryl methyl sites for hydroxylation is 1. The molecule has 4 nitrogen and oxygen atoms in total. The van der Waals surface area contributed by atoms with Gasteiger partial charge in [-0.25, -0.2) is 18.2 Å². The molecule has 1 aromatic carbocycles. The Morgan fingerprint density at radius 1 is 1.18 bits per heavy atom. The third-order valence-corrected chi connectivity index (χ3v) is 6.28. The molecule has 3 rings (SSSR count). The van der Waals surface area contributed by atoms with E-state index in [1.165, 1.54) is 0 Å². The molecular weight excluding hydrogens is 411 g/mol. The van der Waals surface area contributed by atoms with Crippen LogP contribution in [-0.2, 0) is 0 Å². The first-order chi connectivity index (χ1) is 13.3. The van der Waals surface area contributed by atoms with E-state index in [1.807, 2.05) is 13.1 Å². The summed E-state index contributed by atoms with van der Waals surface area (Å²) in [5.41, 5.74) is -1.19. The van der Waals surface area contributed by atoms with Crippen LogP contribution in [0.1, 0.15) is 46.5 Å². The number of nitrogens with zero attached hydrogens (tertiary/aromatic N) is 1. The minimum atomic E-state index is -1.40. The van der Waals surface area contributed by atoms with Gasteiger partial charge in [0.2, 0.25) is 0 Å². The van der Waals surface area contributed by atoms with E-state index in [0.717, 1.165) is 49.2 Å². The Morgan fingerprint density at radius 3 is 2.46 bits per heavy atom. The van der Waals surface area contributed by atoms with Crippen molar-refractivity contribution in [1.29, 1.82) is 0 Å². The molecule has 0 saturated heterocycles. The first kappa shape index (κ1) is 20.9. The Labute approximate surface area is 170 Å². The number of amides is 1. The largest absolute Gasteiger partial charge is 0.361 e. The summed E-state index contributed by atoms with van der Waals surface area (Å²) in [6, 6.07) is -0.158. The monoisotopic (exact) mass is 431 g/mol. The molecule has 0 atom stereocenters. The zero-order valence-corrected chi connectivity index (χ0v) is 17.1. The van der Waals surface area contributed by atoms with Crippen LogP contribution in [-0.4, -0.2) is 23.5 Å². The molecule has 28 heavy (non-hydrogen) atoms. The molecule has 152 valence electrons. The normalized spacial score (nSPS) is 19.5. The molecule has 1 aliphatic rings. The van der Waals surface area contributed by atoms with Gasteiger partial charge in [-0.2, -0.15) is 0 Å². The molecule has 1 saturated carbocycles. The molecule has 1 amide bonds. The summed E-state index contributed by atoms with van der Waals surface area (Å²) < 4.78 is 41.6. The van der Waals surface area contributed by atoms with Gasteiger partial charge in [-0.3, -0.25) is 4.79 Å². The fourth-order valence-electron chi connectivity index (χ4n) is 3.39. The maximum atomic E-state index is 14.3. The second-order valence-electron chi connectivity index (χ2n) is 7.10. The third-order valence-electron chi connectivity index (χ3n) is 5.06. The molecule has 0 spiro atoms. The van der Waals surface area contributed by atoms with E-state index in [-0.39, 0.29) is 6.04 Å². The van der Waals surface area contributed by atoms with Crippen molar-refractivity contribution < 1.29 is 18.0 Å². The van der Waals surface area contributed by atoms with Crippen LogP contribution in [0.4, 0.5) is 18.3 Å². The Kier molecular flexibility index (Phi) is 6.50. The lowest BCUT2D eigenvalue weighted by Gasteiger charge is -2.29. The number of carbonyl (C=O) groups excluding carboxylic acids is 1. The van der Waals surface area contributed by atoms with E-state index in [1.54, 1.807) is 11.3 Å². The maximum absolute atomic E-state index is 14.3. The van der Waals surface area contributed by atoms with Crippen LogP contribution in [0.25, 0.3) is 0 Å². The van der Waals surface area contributed by atoms with Crippen molar-refractivity contribution in [2.45, 2.75) is 45.6 Å². The molecule has 1 fully saturated rings. The molecule has 0 radical (unpaired) electrons. The maximum Gasteiger partial charge on any atom is 0.256 e. The molecule has 2 aromatic rings. The van der Waals surface area contributed by atoms with E-state index >= 15 is 0 Å². The second-order valence-corrected chi connectivity index (χ2v) is 8.72. The predicted octanol–water partition coefficient (Wildman–Crippen LogP) is 5.23. The highest BCUT2D eigenvalue weighted by Gasteiger charge is 2.29. The van der Waals surface area contributed by atoms with Gasteiger partial charge in [0.15, 0.2) is 16.8 Å². The van der Waals surface area contributed by atoms with Gasteiger partial charge in [0.25, 0.3) is 5.91 Å². The number of rotatable bonds is 5. The SMILES string of the molecule is Cc1cnc(NCC2CCC(NC(=O)c3c(F)c(C)c(F)c(F)c3Cl)CC2)s1. The molecular formula is C19H21ClF3N3OS. The topological polar surface area (TPSA) is 54.0 Å². The summed E-state index contributed by atoms with van der Waals surface area (Å²) in [5, 5.41) is 6.10. The predicted molar refractivity (Wildman–Crippen MR) is 105 cm³/mol. The van der Waals surface area contributed by atoms with Crippen LogP contribution in [0.2, 0.25) is 5.02 Å². The van der Waals surface area contributed by atoms with E-state index < -0.39 is 39.5 Å². The first-order valence-corrected chi connectivity index (χ1v) is 10.3. The summed E-state index contributed by atoms with van der Waals surface area (Å²) in [4.78, 5) is 17.8. The lowest BCUT2D eigenvalue weighted by Crippen LogP contribution is -2.39. The number of anilines is 1. The highest BCUT2D eigenvalue weighted by molar-refractivity contribution is 7.15. The van der Waals surface area contributed by atoms with Gasteiger partial charge in [-0.15, -0.1) is 11.3 Å². The van der Waals surface area contributed by atoms with Crippen molar-refractivity contribution in [1.82, 2.24) is 10.3 Å². The van der Waals surface area contributed by atoms with Crippen molar-refractivity contribution in [3.8, 4) is 0 Å². The lowest BCUT2D eigenvalue weighted by molar-refractivity contribution is 0.0918. The molecule has 9 heteroatoms. The molecule has 0 unspecified atom stereocenters. The highest BCUT2D eigenvalue weighted by atomic mass is 35.5. The smallest absolute Gasteiger partial charge is 0.256 e. The van der Waals surface area contributed by atoms with Gasteiger partial charge in [0.05, 0.1) is 10.6 Å². The van der Waals surface area contributed by atoms with Crippen LogP contribution >= 0.6 is 22.9 Å². The number of halogens is 4. The van der Waals surface area contributed by atoms with Crippen LogP contribution in [0, 0.1) is 37.2 Å². The zero-order chi connectivity index (χ0) is 20.4. The van der Waals surface area contributed by atoms with Crippen molar-refractivity contribution in [2.24, 2.45) is 5.92 Å². The van der Waals surface area contributed by atoms with Crippen LogP contribution in [0.3, 0.4) is 0 Å². The summed E-state index contributed by atoms with van der Waals surface area (Å²) in [7, 11) is 0. The van der Waals surface area contributed by atoms with Crippen molar-refractivity contribution in [2.75, 3.05) is 11.9 Å². The Balaban J connectivity index is 1.55. The summed E-state index contributed by atoms with van der Waals surface area (Å²) in [6.07, 6.45) is 5.03. The Bertz CT molecular complexity index is 853. The van der Waals surface area contributed by atoms with Gasteiger partial charge in [0.1, 0.15) is 5.82 Å². The molecule has 2 N–H and O–H groups in total. The molecule has 0 aliphatic heterocycles. The first-order valence-electron chi connectivity index (χ1n) is 9.07. The average molecular weight is 432 g/mol. The van der Waals surface area contributed by atoms with Crippen molar-refractivity contribution in [3.63, 3.8) is 0 Å². The molecule has 1 aromatic heterocycles. The van der Waals surface area contributed by atoms with Gasteiger partial charge < -0.3 is 10.6 Å². The summed E-state index contributed by atoms with van der Waals surface area (Å²) in [5.74, 6) is -4.27. The quantitative estimate of drug-likeness (QED) is 0.503. The standard InChI is InChI=1S/C19H21ClF3N3OS/c1-9-7-24-19(28-9)25-8-11-3-5-12(6-4-11)26-18(27)13-14(20)17(23)16(22)10(2)15(13)21/h7,11-12H,3-6,8H2,1-2H3,(H,24,25)(H,26,27). The van der Waals surface area contributed by atoms with E-state index in [0.29, 0.717) is 5.92 Å². The number of nitrogens with one attached hydrogen (secondary N) is 2. The van der Waals surface area contributed by atoms with Crippen molar-refractivity contribution in [3.05, 3.63) is 44.7 Å². The van der Waals surface area contributed by atoms with Gasteiger partial charge in [0, 0.05) is 29.2 Å². The zero-order valence-electron chi connectivity index (χ0n) is 15.5. The fraction of sp³-hybridized carbons (Fsp3) is 0.474. The number of hydrogen-bond acceptors (Lipinski definition) is 4. The van der Waals surface area contributed by atoms with Gasteiger partial charge >= 0.3 is 0 Å². The van der Waals surface area contributed by atoms with Crippen LogP contribution < -0.4 is 10.6 Å². The molecule has 1 aliphatic carbocycles. The van der Waals surface area contributed by atoms with Crippen LogP contribution in [0.5, 0.6) is 0 Å². The van der Waals surface area contributed by atoms with Crippen LogP contribution in [0.15, 0.2) is 6.20 Å². The fourth-order valence-corrected chi connectivity index (χ4v) is 4.31. The molecule has 1 heterocycles. The Hall–Kier alpha value is -1.80. The highest BCUT2D eigenvalue weighted by Crippen LogP contribution is 2.30. The summed E-state index contributed by atoms with van der Waals surface area (Å²) in [6.45, 7) is 3.87. The van der Waals surface area contributed by atoms with Gasteiger partial charge in [-0.1, -0.05) is 11.6 Å². The minimum absolute atomic E-state index is 0.158. The Morgan fingerprint density at radius 2 is 1.86 bits per heavy atom. The van der Waals surface area contributed by atoms with E-state index in [2.05, 4.69) is 15.6 Å². The van der Waals surface area contributed by atoms with E-state index in [9.17, 15) is 18.0 Å². The second kappa shape index (κ2) is 8.69. The molecule has 0 bridgehead atoms. The van der Waals surface area contributed by atoms with E-state index in [4.69, 9.17) is 11.6 Å². The lowest BCUT2D eigenvalue weighted by atomic mass is 9.86.